The van der Waals surface area contributed by atoms with E-state index < -0.39 is 5.41 Å². The summed E-state index contributed by atoms with van der Waals surface area (Å²) in [7, 11) is 1.87. The van der Waals surface area contributed by atoms with E-state index >= 15 is 0 Å². The SMILES string of the molecule is CC1=C(C)CC2(C1)C(C#N)=C(c1ccc(C)cc1)N(C)/C2=C(\C#N)C(=O)c1ccc(C)cc1. The standard InChI is InChI=1S/C29H27N3O/c1-18-6-10-22(11-7-18)26-25(17-31)29(14-20(3)21(4)15-29)28(32(26)5)24(16-30)27(33)23-12-8-19(2)9-13-23/h6-13H,14-15H2,1-5H3/b28-24+. The van der Waals surface area contributed by atoms with E-state index in [2.05, 4.69) is 26.0 Å². The van der Waals surface area contributed by atoms with Crippen LogP contribution in [0.1, 0.15) is 53.7 Å². The fourth-order valence-corrected chi connectivity index (χ4v) is 5.24. The molecule has 0 N–H and O–H groups in total. The van der Waals surface area contributed by atoms with E-state index in [-0.39, 0.29) is 11.4 Å². The zero-order valence-corrected chi connectivity index (χ0v) is 19.8. The largest absolute Gasteiger partial charge is 0.345 e. The number of hydrogen-bond acceptors (Lipinski definition) is 4. The maximum Gasteiger partial charge on any atom is 0.205 e. The number of ketones is 1. The van der Waals surface area contributed by atoms with Crippen molar-refractivity contribution in [3.05, 3.63) is 98.8 Å². The zero-order chi connectivity index (χ0) is 23.9. The van der Waals surface area contributed by atoms with Gasteiger partial charge in [-0.25, -0.2) is 0 Å². The first-order valence-corrected chi connectivity index (χ1v) is 11.1. The number of benzene rings is 2. The van der Waals surface area contributed by atoms with Crippen molar-refractivity contribution in [1.29, 1.82) is 10.5 Å². The number of Topliss-reactive ketones (excluding diaryl/α,β-unsaturated/α-hetero) is 1. The van der Waals surface area contributed by atoms with E-state index in [0.717, 1.165) is 22.4 Å². The molecule has 0 aromatic heterocycles. The quantitative estimate of drug-likeness (QED) is 0.248. The second-order valence-corrected chi connectivity index (χ2v) is 9.29. The Hall–Kier alpha value is -3.89. The Morgan fingerprint density at radius 1 is 0.879 bits per heavy atom. The van der Waals surface area contributed by atoms with Crippen molar-refractivity contribution in [1.82, 2.24) is 4.90 Å². The van der Waals surface area contributed by atoms with Crippen LogP contribution in [0.4, 0.5) is 0 Å². The first-order valence-electron chi connectivity index (χ1n) is 11.1. The molecule has 0 amide bonds. The van der Waals surface area contributed by atoms with Gasteiger partial charge in [-0.15, -0.1) is 0 Å². The topological polar surface area (TPSA) is 67.9 Å². The van der Waals surface area contributed by atoms with Crippen LogP contribution >= 0.6 is 0 Å². The zero-order valence-electron chi connectivity index (χ0n) is 19.8. The summed E-state index contributed by atoms with van der Waals surface area (Å²) >= 11 is 0. The summed E-state index contributed by atoms with van der Waals surface area (Å²) < 4.78 is 0. The molecule has 2 aliphatic rings. The predicted molar refractivity (Wildman–Crippen MR) is 130 cm³/mol. The third-order valence-electron chi connectivity index (χ3n) is 7.03. The molecule has 0 bridgehead atoms. The lowest BCUT2D eigenvalue weighted by Crippen LogP contribution is -2.28. The summed E-state index contributed by atoms with van der Waals surface area (Å²) in [5, 5.41) is 20.6. The Morgan fingerprint density at radius 2 is 1.39 bits per heavy atom. The van der Waals surface area contributed by atoms with Gasteiger partial charge in [0.25, 0.3) is 0 Å². The Bertz CT molecular complexity index is 1310. The molecule has 1 spiro atoms. The molecule has 0 saturated carbocycles. The molecule has 33 heavy (non-hydrogen) atoms. The monoisotopic (exact) mass is 433 g/mol. The van der Waals surface area contributed by atoms with Crippen LogP contribution in [0, 0.1) is 41.9 Å². The second kappa shape index (κ2) is 8.23. The minimum Gasteiger partial charge on any atom is -0.345 e. The first kappa shape index (κ1) is 22.3. The summed E-state index contributed by atoms with van der Waals surface area (Å²) in [6, 6.07) is 20.0. The molecule has 1 heterocycles. The van der Waals surface area contributed by atoms with Crippen molar-refractivity contribution >= 4 is 11.5 Å². The summed E-state index contributed by atoms with van der Waals surface area (Å²) in [5.74, 6) is -0.302. The summed E-state index contributed by atoms with van der Waals surface area (Å²) in [4.78, 5) is 15.5. The molecule has 0 unspecified atom stereocenters. The van der Waals surface area contributed by atoms with Crippen LogP contribution in [0.15, 0.2) is 76.5 Å². The number of nitriles is 2. The van der Waals surface area contributed by atoms with E-state index in [1.807, 2.05) is 62.2 Å². The van der Waals surface area contributed by atoms with Crippen molar-refractivity contribution in [2.75, 3.05) is 7.05 Å². The molecule has 0 atom stereocenters. The molecule has 4 rings (SSSR count). The highest BCUT2D eigenvalue weighted by Gasteiger charge is 2.53. The van der Waals surface area contributed by atoms with E-state index in [1.165, 1.54) is 11.1 Å². The summed E-state index contributed by atoms with van der Waals surface area (Å²) in [6.07, 6.45) is 1.26. The highest BCUT2D eigenvalue weighted by atomic mass is 16.1. The van der Waals surface area contributed by atoms with Crippen LogP contribution < -0.4 is 0 Å². The Morgan fingerprint density at radius 3 is 1.88 bits per heavy atom. The number of nitrogens with zero attached hydrogens (tertiary/aromatic N) is 3. The summed E-state index contributed by atoms with van der Waals surface area (Å²) in [5.41, 5.74) is 7.44. The average Bonchev–Trinajstić information content (AvgIpc) is 3.21. The van der Waals surface area contributed by atoms with Crippen LogP contribution in [0.3, 0.4) is 0 Å². The molecular weight excluding hydrogens is 406 g/mol. The van der Waals surface area contributed by atoms with Crippen LogP contribution in [-0.2, 0) is 0 Å². The molecule has 0 fully saturated rings. The van der Waals surface area contributed by atoms with Gasteiger partial charge in [0.05, 0.1) is 28.5 Å². The minimum absolute atomic E-state index is 0.110. The third kappa shape index (κ3) is 3.49. The van der Waals surface area contributed by atoms with Crippen molar-refractivity contribution in [2.45, 2.75) is 40.5 Å². The lowest BCUT2D eigenvalue weighted by Gasteiger charge is -2.30. The highest BCUT2D eigenvalue weighted by molar-refractivity contribution is 6.12. The molecule has 2 aromatic rings. The van der Waals surface area contributed by atoms with Gasteiger partial charge in [0, 0.05) is 12.6 Å². The van der Waals surface area contributed by atoms with Crippen molar-refractivity contribution < 1.29 is 4.79 Å². The number of allylic oxidation sites excluding steroid dienone is 4. The van der Waals surface area contributed by atoms with E-state index in [1.54, 1.807) is 12.1 Å². The van der Waals surface area contributed by atoms with Gasteiger partial charge in [0.1, 0.15) is 11.6 Å². The van der Waals surface area contributed by atoms with E-state index in [0.29, 0.717) is 29.7 Å². The van der Waals surface area contributed by atoms with Crippen molar-refractivity contribution in [2.24, 2.45) is 5.41 Å². The predicted octanol–water partition coefficient (Wildman–Crippen LogP) is 6.26. The number of hydrogen-bond donors (Lipinski definition) is 0. The molecule has 2 aromatic carbocycles. The molecule has 1 aliphatic heterocycles. The fourth-order valence-electron chi connectivity index (χ4n) is 5.24. The van der Waals surface area contributed by atoms with Crippen LogP contribution in [0.5, 0.6) is 0 Å². The smallest absolute Gasteiger partial charge is 0.205 e. The molecule has 4 heteroatoms. The number of carbonyl (C=O) groups is 1. The summed E-state index contributed by atoms with van der Waals surface area (Å²) in [6.45, 7) is 8.14. The molecular formula is C29H27N3O. The molecule has 0 radical (unpaired) electrons. The number of aryl methyl sites for hydroxylation is 2. The fraction of sp³-hybridized carbons (Fsp3) is 0.276. The van der Waals surface area contributed by atoms with E-state index in [4.69, 9.17) is 0 Å². The molecule has 164 valence electrons. The van der Waals surface area contributed by atoms with Gasteiger partial charge in [-0.05, 0) is 46.1 Å². The Labute approximate surface area is 195 Å². The van der Waals surface area contributed by atoms with Gasteiger partial charge in [-0.3, -0.25) is 4.79 Å². The van der Waals surface area contributed by atoms with Crippen molar-refractivity contribution in [3.8, 4) is 12.1 Å². The van der Waals surface area contributed by atoms with Gasteiger partial charge in [-0.1, -0.05) is 70.8 Å². The third-order valence-corrected chi connectivity index (χ3v) is 7.03. The number of rotatable bonds is 3. The minimum atomic E-state index is -0.705. The maximum atomic E-state index is 13.6. The van der Waals surface area contributed by atoms with Crippen molar-refractivity contribution in [3.63, 3.8) is 0 Å². The lowest BCUT2D eigenvalue weighted by atomic mass is 9.73. The van der Waals surface area contributed by atoms with Gasteiger partial charge in [0.2, 0.25) is 5.78 Å². The van der Waals surface area contributed by atoms with Gasteiger partial charge in [-0.2, -0.15) is 10.5 Å². The Kier molecular flexibility index (Phi) is 5.56. The van der Waals surface area contributed by atoms with Crippen LogP contribution in [0.25, 0.3) is 5.70 Å². The van der Waals surface area contributed by atoms with Gasteiger partial charge in [0.15, 0.2) is 0 Å². The van der Waals surface area contributed by atoms with Crippen LogP contribution in [0.2, 0.25) is 0 Å². The molecule has 1 aliphatic carbocycles. The van der Waals surface area contributed by atoms with E-state index in [9.17, 15) is 15.3 Å². The lowest BCUT2D eigenvalue weighted by molar-refractivity contribution is 0.103. The average molecular weight is 434 g/mol. The van der Waals surface area contributed by atoms with Crippen LogP contribution in [-0.4, -0.2) is 17.7 Å². The molecule has 0 saturated heterocycles. The molecule has 4 nitrogen and oxygen atoms in total. The second-order valence-electron chi connectivity index (χ2n) is 9.29. The first-order chi connectivity index (χ1) is 15.7. The maximum absolute atomic E-state index is 13.6. The normalized spacial score (nSPS) is 18.6. The van der Waals surface area contributed by atoms with Gasteiger partial charge >= 0.3 is 0 Å². The number of carbonyl (C=O) groups excluding carboxylic acids is 1. The highest BCUT2D eigenvalue weighted by Crippen LogP contribution is 2.60. The Balaban J connectivity index is 1.98. The van der Waals surface area contributed by atoms with Gasteiger partial charge < -0.3 is 4.90 Å².